The topological polar surface area (TPSA) is 63.3 Å². The van der Waals surface area contributed by atoms with Crippen molar-refractivity contribution in [1.29, 1.82) is 0 Å². The normalized spacial score (nSPS) is 16.5. The molecular formula is C18H20N4O2. The Hall–Kier alpha value is -2.60. The molecule has 0 unspecified atom stereocenters. The number of rotatable bonds is 3. The highest BCUT2D eigenvalue weighted by Gasteiger charge is 2.19. The van der Waals surface area contributed by atoms with Gasteiger partial charge in [-0.2, -0.15) is 5.10 Å². The van der Waals surface area contributed by atoms with Gasteiger partial charge in [0.25, 0.3) is 5.91 Å². The van der Waals surface area contributed by atoms with E-state index in [1.807, 2.05) is 35.1 Å². The molecule has 1 amide bonds. The molecule has 1 saturated heterocycles. The number of para-hydroxylation sites is 1. The number of amides is 1. The number of anilines is 1. The third kappa shape index (κ3) is 2.92. The molecule has 0 aliphatic carbocycles. The van der Waals surface area contributed by atoms with Crippen LogP contribution in [0.25, 0.3) is 11.0 Å². The molecule has 0 atom stereocenters. The molecule has 1 aliphatic heterocycles. The first-order valence-electron chi connectivity index (χ1n) is 8.22. The van der Waals surface area contributed by atoms with Crippen molar-refractivity contribution in [3.8, 4) is 0 Å². The molecule has 2 aromatic heterocycles. The van der Waals surface area contributed by atoms with Crippen LogP contribution in [0.4, 0.5) is 5.69 Å². The van der Waals surface area contributed by atoms with Crippen molar-refractivity contribution in [2.45, 2.75) is 18.9 Å². The van der Waals surface area contributed by atoms with Gasteiger partial charge in [-0.15, -0.1) is 0 Å². The van der Waals surface area contributed by atoms with Crippen LogP contribution in [0.3, 0.4) is 0 Å². The molecule has 3 aromatic rings. The van der Waals surface area contributed by atoms with Gasteiger partial charge in [0.1, 0.15) is 5.58 Å². The fourth-order valence-electron chi connectivity index (χ4n) is 3.15. The van der Waals surface area contributed by atoms with Gasteiger partial charge in [0, 0.05) is 11.6 Å². The first-order chi connectivity index (χ1) is 11.7. The second kappa shape index (κ2) is 6.13. The van der Waals surface area contributed by atoms with Gasteiger partial charge in [-0.05, 0) is 45.1 Å². The first-order valence-corrected chi connectivity index (χ1v) is 8.22. The van der Waals surface area contributed by atoms with Crippen LogP contribution >= 0.6 is 0 Å². The second-order valence-corrected chi connectivity index (χ2v) is 6.35. The maximum atomic E-state index is 12.4. The predicted molar refractivity (Wildman–Crippen MR) is 92.2 cm³/mol. The van der Waals surface area contributed by atoms with Crippen molar-refractivity contribution >= 4 is 22.6 Å². The van der Waals surface area contributed by atoms with Crippen LogP contribution in [0.15, 0.2) is 47.1 Å². The summed E-state index contributed by atoms with van der Waals surface area (Å²) < 4.78 is 7.55. The van der Waals surface area contributed by atoms with Crippen LogP contribution in [0.1, 0.15) is 29.4 Å². The summed E-state index contributed by atoms with van der Waals surface area (Å²) in [5, 5.41) is 8.19. The highest BCUT2D eigenvalue weighted by Crippen LogP contribution is 2.23. The molecule has 0 saturated carbocycles. The third-order valence-electron chi connectivity index (χ3n) is 4.57. The predicted octanol–water partition coefficient (Wildman–Crippen LogP) is 3.15. The molecule has 3 heterocycles. The summed E-state index contributed by atoms with van der Waals surface area (Å²) in [4.78, 5) is 14.7. The van der Waals surface area contributed by atoms with Gasteiger partial charge in [0.15, 0.2) is 5.76 Å². The fraction of sp³-hybridized carbons (Fsp3) is 0.333. The van der Waals surface area contributed by atoms with Crippen LogP contribution in [0.2, 0.25) is 0 Å². The van der Waals surface area contributed by atoms with Crippen LogP contribution in [0.5, 0.6) is 0 Å². The van der Waals surface area contributed by atoms with Crippen LogP contribution in [-0.2, 0) is 0 Å². The molecule has 1 N–H and O–H groups in total. The first kappa shape index (κ1) is 15.0. The van der Waals surface area contributed by atoms with Gasteiger partial charge in [0.05, 0.1) is 17.9 Å². The van der Waals surface area contributed by atoms with Crippen molar-refractivity contribution in [2.75, 3.05) is 25.5 Å². The minimum atomic E-state index is -0.255. The van der Waals surface area contributed by atoms with Crippen molar-refractivity contribution < 1.29 is 9.21 Å². The van der Waals surface area contributed by atoms with Gasteiger partial charge >= 0.3 is 0 Å². The number of hydrogen-bond donors (Lipinski definition) is 1. The Kier molecular flexibility index (Phi) is 3.82. The Morgan fingerprint density at radius 1 is 1.29 bits per heavy atom. The number of piperidine rings is 1. The summed E-state index contributed by atoms with van der Waals surface area (Å²) in [6, 6.07) is 9.74. The molecular weight excluding hydrogens is 304 g/mol. The van der Waals surface area contributed by atoms with Gasteiger partial charge in [0.2, 0.25) is 0 Å². The molecule has 1 fully saturated rings. The van der Waals surface area contributed by atoms with E-state index in [1.165, 1.54) is 0 Å². The highest BCUT2D eigenvalue weighted by atomic mass is 16.3. The van der Waals surface area contributed by atoms with Gasteiger partial charge in [-0.3, -0.25) is 9.48 Å². The number of benzene rings is 1. The lowest BCUT2D eigenvalue weighted by molar-refractivity contribution is 0.0998. The molecule has 0 radical (unpaired) electrons. The van der Waals surface area contributed by atoms with E-state index in [4.69, 9.17) is 4.42 Å². The van der Waals surface area contributed by atoms with Gasteiger partial charge in [-0.25, -0.2) is 0 Å². The number of carbonyl (C=O) groups is 1. The summed E-state index contributed by atoms with van der Waals surface area (Å²) in [5.74, 6) is 0.0531. The lowest BCUT2D eigenvalue weighted by atomic mass is 10.1. The minimum Gasteiger partial charge on any atom is -0.451 e. The summed E-state index contributed by atoms with van der Waals surface area (Å²) in [6.07, 6.45) is 5.75. The van der Waals surface area contributed by atoms with E-state index in [2.05, 4.69) is 22.4 Å². The third-order valence-corrected chi connectivity index (χ3v) is 4.57. The minimum absolute atomic E-state index is 0.255. The second-order valence-electron chi connectivity index (χ2n) is 6.35. The molecule has 1 aliphatic rings. The molecule has 24 heavy (non-hydrogen) atoms. The fourth-order valence-corrected chi connectivity index (χ4v) is 3.15. The van der Waals surface area contributed by atoms with E-state index >= 15 is 0 Å². The smallest absolute Gasteiger partial charge is 0.291 e. The lowest BCUT2D eigenvalue weighted by Crippen LogP contribution is -2.31. The summed E-state index contributed by atoms with van der Waals surface area (Å²) in [6.45, 7) is 2.15. The Bertz CT molecular complexity index is 826. The quantitative estimate of drug-likeness (QED) is 0.804. The van der Waals surface area contributed by atoms with Crippen molar-refractivity contribution in [1.82, 2.24) is 14.7 Å². The number of nitrogens with zero attached hydrogens (tertiary/aromatic N) is 3. The number of hydrogen-bond acceptors (Lipinski definition) is 4. The Morgan fingerprint density at radius 2 is 2.08 bits per heavy atom. The maximum absolute atomic E-state index is 12.4. The Balaban J connectivity index is 1.46. The number of carbonyl (C=O) groups excluding carboxylic acids is 1. The van der Waals surface area contributed by atoms with Crippen LogP contribution < -0.4 is 5.32 Å². The number of aromatic nitrogens is 2. The maximum Gasteiger partial charge on any atom is 0.291 e. The van der Waals surface area contributed by atoms with Crippen LogP contribution in [-0.4, -0.2) is 40.7 Å². The average molecular weight is 324 g/mol. The van der Waals surface area contributed by atoms with E-state index in [0.717, 1.165) is 31.3 Å². The van der Waals surface area contributed by atoms with Crippen molar-refractivity contribution in [3.05, 3.63) is 48.5 Å². The summed E-state index contributed by atoms with van der Waals surface area (Å²) >= 11 is 0. The highest BCUT2D eigenvalue weighted by molar-refractivity contribution is 6.04. The summed E-state index contributed by atoms with van der Waals surface area (Å²) in [5.41, 5.74) is 1.41. The molecule has 1 aromatic carbocycles. The Labute approximate surface area is 140 Å². The monoisotopic (exact) mass is 324 g/mol. The van der Waals surface area contributed by atoms with Crippen LogP contribution in [0, 0.1) is 0 Å². The van der Waals surface area contributed by atoms with E-state index in [0.29, 0.717) is 23.1 Å². The molecule has 124 valence electrons. The summed E-state index contributed by atoms with van der Waals surface area (Å²) in [7, 11) is 2.14. The Morgan fingerprint density at radius 3 is 2.88 bits per heavy atom. The average Bonchev–Trinajstić information content (AvgIpc) is 3.22. The van der Waals surface area contributed by atoms with Gasteiger partial charge < -0.3 is 14.6 Å². The number of nitrogens with one attached hydrogen (secondary N) is 1. The number of likely N-dealkylation sites (tertiary alicyclic amines) is 1. The largest absolute Gasteiger partial charge is 0.451 e. The zero-order valence-corrected chi connectivity index (χ0v) is 13.6. The standard InChI is InChI=1S/C18H20N4O2/c1-21-8-6-15(7-9-21)22-12-14(11-19-22)20-18(23)17-10-13-4-2-3-5-16(13)24-17/h2-5,10-12,15H,6-9H2,1H3,(H,20,23). The molecule has 0 spiro atoms. The van der Waals surface area contributed by atoms with Crippen molar-refractivity contribution in [3.63, 3.8) is 0 Å². The van der Waals surface area contributed by atoms with E-state index < -0.39 is 0 Å². The number of fused-ring (bicyclic) bond motifs is 1. The molecule has 0 bridgehead atoms. The zero-order valence-electron chi connectivity index (χ0n) is 13.6. The van der Waals surface area contributed by atoms with E-state index in [9.17, 15) is 4.79 Å². The van der Waals surface area contributed by atoms with Crippen molar-refractivity contribution in [2.24, 2.45) is 0 Å². The lowest BCUT2D eigenvalue weighted by Gasteiger charge is -2.28. The SMILES string of the molecule is CN1CCC(n2cc(NC(=O)c3cc4ccccc4o3)cn2)CC1. The molecule has 4 rings (SSSR count). The molecule has 6 heteroatoms. The van der Waals surface area contributed by atoms with Gasteiger partial charge in [-0.1, -0.05) is 18.2 Å². The number of furan rings is 1. The van der Waals surface area contributed by atoms with E-state index in [-0.39, 0.29) is 5.91 Å². The molecule has 6 nitrogen and oxygen atoms in total. The van der Waals surface area contributed by atoms with E-state index in [1.54, 1.807) is 12.3 Å². The zero-order chi connectivity index (χ0) is 16.5.